The Morgan fingerprint density at radius 2 is 1.94 bits per heavy atom. The van der Waals surface area contributed by atoms with Crippen molar-refractivity contribution >= 4 is 0 Å². The van der Waals surface area contributed by atoms with E-state index in [1.807, 2.05) is 52.8 Å². The van der Waals surface area contributed by atoms with E-state index in [0.29, 0.717) is 6.61 Å². The largest absolute Gasteiger partial charge is 0.494 e. The van der Waals surface area contributed by atoms with E-state index >= 15 is 0 Å². The number of aliphatic hydroxyl groups is 1. The average molecular weight is 222 g/mol. The zero-order valence-electron chi connectivity index (χ0n) is 10.9. The third kappa shape index (κ3) is 2.76. The molecule has 1 N–H and O–H groups in total. The van der Waals surface area contributed by atoms with Crippen molar-refractivity contribution in [1.82, 2.24) is 0 Å². The molecule has 1 atom stereocenters. The summed E-state index contributed by atoms with van der Waals surface area (Å²) in [5, 5.41) is 10.3. The first-order valence-corrected chi connectivity index (χ1v) is 5.78. The fourth-order valence-electron chi connectivity index (χ4n) is 1.71. The summed E-state index contributed by atoms with van der Waals surface area (Å²) in [5.74, 6) is 0.864. The molecule has 0 radical (unpaired) electrons. The first kappa shape index (κ1) is 13.0. The second-order valence-corrected chi connectivity index (χ2v) is 5.17. The van der Waals surface area contributed by atoms with E-state index in [9.17, 15) is 5.11 Å². The van der Waals surface area contributed by atoms with Gasteiger partial charge in [0.1, 0.15) is 5.75 Å². The summed E-state index contributed by atoms with van der Waals surface area (Å²) in [6.45, 7) is 10.7. The first-order chi connectivity index (χ1) is 7.38. The summed E-state index contributed by atoms with van der Waals surface area (Å²) in [5.41, 5.74) is 1.83. The van der Waals surface area contributed by atoms with Crippen LogP contribution in [0.4, 0.5) is 0 Å². The topological polar surface area (TPSA) is 29.5 Å². The Labute approximate surface area is 98.3 Å². The zero-order chi connectivity index (χ0) is 12.3. The molecule has 0 amide bonds. The van der Waals surface area contributed by atoms with Gasteiger partial charge in [-0.15, -0.1) is 0 Å². The Balaban J connectivity index is 3.10. The molecule has 90 valence electrons. The lowest BCUT2D eigenvalue weighted by molar-refractivity contribution is 0.0618. The molecule has 0 aromatic heterocycles. The van der Waals surface area contributed by atoms with Crippen LogP contribution >= 0.6 is 0 Å². The molecule has 1 unspecified atom stereocenters. The van der Waals surface area contributed by atoms with Crippen molar-refractivity contribution in [2.45, 2.75) is 40.7 Å². The van der Waals surface area contributed by atoms with Crippen LogP contribution in [0.3, 0.4) is 0 Å². The molecule has 1 aromatic rings. The molecule has 2 nitrogen and oxygen atoms in total. The minimum absolute atomic E-state index is 0.157. The SMILES string of the molecule is CCOc1cccc(C(O)C(C)(C)C)c1C. The van der Waals surface area contributed by atoms with Gasteiger partial charge in [-0.1, -0.05) is 32.9 Å². The van der Waals surface area contributed by atoms with Crippen molar-refractivity contribution in [2.24, 2.45) is 5.41 Å². The molecule has 0 spiro atoms. The standard InChI is InChI=1S/C14H22O2/c1-6-16-12-9-7-8-11(10(12)2)13(15)14(3,4)5/h7-9,13,15H,6H2,1-5H3. The lowest BCUT2D eigenvalue weighted by atomic mass is 9.83. The van der Waals surface area contributed by atoms with Gasteiger partial charge in [0, 0.05) is 0 Å². The number of ether oxygens (including phenoxy) is 1. The van der Waals surface area contributed by atoms with Crippen LogP contribution in [0.1, 0.15) is 44.9 Å². The van der Waals surface area contributed by atoms with Crippen LogP contribution in [0.25, 0.3) is 0 Å². The number of benzene rings is 1. The maximum atomic E-state index is 10.3. The quantitative estimate of drug-likeness (QED) is 0.848. The highest BCUT2D eigenvalue weighted by atomic mass is 16.5. The molecule has 16 heavy (non-hydrogen) atoms. The molecule has 2 heteroatoms. The van der Waals surface area contributed by atoms with E-state index in [4.69, 9.17) is 4.74 Å². The third-order valence-electron chi connectivity index (χ3n) is 2.74. The lowest BCUT2D eigenvalue weighted by Crippen LogP contribution is -2.19. The molecule has 0 aliphatic rings. The summed E-state index contributed by atoms with van der Waals surface area (Å²) >= 11 is 0. The molecule has 0 saturated heterocycles. The highest BCUT2D eigenvalue weighted by molar-refractivity contribution is 5.40. The van der Waals surface area contributed by atoms with Gasteiger partial charge < -0.3 is 9.84 Å². The molecular weight excluding hydrogens is 200 g/mol. The van der Waals surface area contributed by atoms with Crippen LogP contribution in [0.15, 0.2) is 18.2 Å². The molecule has 0 bridgehead atoms. The fourth-order valence-corrected chi connectivity index (χ4v) is 1.71. The zero-order valence-corrected chi connectivity index (χ0v) is 10.9. The van der Waals surface area contributed by atoms with Gasteiger partial charge in [0.15, 0.2) is 0 Å². The van der Waals surface area contributed by atoms with Gasteiger partial charge in [-0.05, 0) is 36.5 Å². The summed E-state index contributed by atoms with van der Waals surface area (Å²) in [6.07, 6.45) is -0.465. The van der Waals surface area contributed by atoms with Crippen molar-refractivity contribution < 1.29 is 9.84 Å². The second kappa shape index (κ2) is 4.88. The summed E-state index contributed by atoms with van der Waals surface area (Å²) in [6, 6.07) is 5.84. The number of hydrogen-bond donors (Lipinski definition) is 1. The molecule has 0 saturated carbocycles. The van der Waals surface area contributed by atoms with Gasteiger partial charge in [-0.25, -0.2) is 0 Å². The third-order valence-corrected chi connectivity index (χ3v) is 2.74. The van der Waals surface area contributed by atoms with Crippen molar-refractivity contribution in [3.05, 3.63) is 29.3 Å². The van der Waals surface area contributed by atoms with E-state index in [2.05, 4.69) is 0 Å². The van der Waals surface area contributed by atoms with Gasteiger partial charge in [-0.3, -0.25) is 0 Å². The van der Waals surface area contributed by atoms with Crippen LogP contribution < -0.4 is 4.74 Å². The van der Waals surface area contributed by atoms with E-state index < -0.39 is 6.10 Å². The Morgan fingerprint density at radius 1 is 1.31 bits per heavy atom. The monoisotopic (exact) mass is 222 g/mol. The Kier molecular flexibility index (Phi) is 3.98. The second-order valence-electron chi connectivity index (χ2n) is 5.17. The van der Waals surface area contributed by atoms with Gasteiger partial charge in [0.05, 0.1) is 12.7 Å². The molecule has 0 aliphatic heterocycles. The normalized spacial score (nSPS) is 13.6. The molecule has 0 fully saturated rings. The average Bonchev–Trinajstić information content (AvgIpc) is 2.19. The molecule has 0 aliphatic carbocycles. The Hall–Kier alpha value is -1.02. The van der Waals surface area contributed by atoms with Crippen LogP contribution in [0, 0.1) is 12.3 Å². The molecule has 1 rings (SSSR count). The van der Waals surface area contributed by atoms with E-state index in [1.54, 1.807) is 0 Å². The minimum atomic E-state index is -0.465. The van der Waals surface area contributed by atoms with Crippen molar-refractivity contribution in [3.63, 3.8) is 0 Å². The predicted octanol–water partition coefficient (Wildman–Crippen LogP) is 3.47. The van der Waals surface area contributed by atoms with E-state index in [0.717, 1.165) is 16.9 Å². The number of rotatable bonds is 3. The summed E-state index contributed by atoms with van der Waals surface area (Å²) < 4.78 is 5.53. The van der Waals surface area contributed by atoms with Crippen LogP contribution in [-0.4, -0.2) is 11.7 Å². The highest BCUT2D eigenvalue weighted by Crippen LogP contribution is 2.36. The predicted molar refractivity (Wildman–Crippen MR) is 66.8 cm³/mol. The number of aliphatic hydroxyl groups excluding tert-OH is 1. The maximum absolute atomic E-state index is 10.3. The molecular formula is C14H22O2. The van der Waals surface area contributed by atoms with Crippen LogP contribution in [0.5, 0.6) is 5.75 Å². The van der Waals surface area contributed by atoms with Crippen LogP contribution in [0.2, 0.25) is 0 Å². The molecule has 0 heterocycles. The van der Waals surface area contributed by atoms with Gasteiger partial charge in [0.25, 0.3) is 0 Å². The van der Waals surface area contributed by atoms with Crippen molar-refractivity contribution in [1.29, 1.82) is 0 Å². The fraction of sp³-hybridized carbons (Fsp3) is 0.571. The smallest absolute Gasteiger partial charge is 0.122 e. The Morgan fingerprint density at radius 3 is 2.44 bits per heavy atom. The van der Waals surface area contributed by atoms with Gasteiger partial charge in [0.2, 0.25) is 0 Å². The highest BCUT2D eigenvalue weighted by Gasteiger charge is 2.25. The van der Waals surface area contributed by atoms with Crippen LogP contribution in [-0.2, 0) is 0 Å². The van der Waals surface area contributed by atoms with E-state index in [-0.39, 0.29) is 5.41 Å². The lowest BCUT2D eigenvalue weighted by Gasteiger charge is -2.28. The summed E-state index contributed by atoms with van der Waals surface area (Å²) in [4.78, 5) is 0. The Bertz CT molecular complexity index is 350. The van der Waals surface area contributed by atoms with Gasteiger partial charge >= 0.3 is 0 Å². The molecule has 1 aromatic carbocycles. The van der Waals surface area contributed by atoms with E-state index in [1.165, 1.54) is 0 Å². The van der Waals surface area contributed by atoms with Crippen molar-refractivity contribution in [3.8, 4) is 5.75 Å². The van der Waals surface area contributed by atoms with Gasteiger partial charge in [-0.2, -0.15) is 0 Å². The summed E-state index contributed by atoms with van der Waals surface area (Å²) in [7, 11) is 0. The maximum Gasteiger partial charge on any atom is 0.122 e. The minimum Gasteiger partial charge on any atom is -0.494 e. The van der Waals surface area contributed by atoms with Crippen molar-refractivity contribution in [2.75, 3.05) is 6.61 Å². The number of hydrogen-bond acceptors (Lipinski definition) is 2. The first-order valence-electron chi connectivity index (χ1n) is 5.78.